The number of aryl methyl sites for hydroxylation is 2. The number of carbonyl (C=O) groups excluding carboxylic acids is 1. The van der Waals surface area contributed by atoms with E-state index in [2.05, 4.69) is 48.5 Å². The minimum absolute atomic E-state index is 0.139. The van der Waals surface area contributed by atoms with Crippen molar-refractivity contribution in [1.82, 2.24) is 9.55 Å². The van der Waals surface area contributed by atoms with Crippen LogP contribution in [0.5, 0.6) is 0 Å². The molecule has 1 aromatic heterocycles. The third-order valence-electron chi connectivity index (χ3n) is 3.72. The number of carbonyl (C=O) groups is 1. The molecular formula is C17H24N2O. The number of ketones is 1. The van der Waals surface area contributed by atoms with Gasteiger partial charge in [-0.25, -0.2) is 4.98 Å². The van der Waals surface area contributed by atoms with E-state index in [1.165, 1.54) is 11.1 Å². The molecular weight excluding hydrogens is 248 g/mol. The van der Waals surface area contributed by atoms with Crippen LogP contribution in [0.15, 0.2) is 18.2 Å². The van der Waals surface area contributed by atoms with Crippen molar-refractivity contribution in [3.8, 4) is 0 Å². The van der Waals surface area contributed by atoms with Crippen molar-refractivity contribution in [1.29, 1.82) is 0 Å². The number of hydrogen-bond acceptors (Lipinski definition) is 2. The molecule has 0 aliphatic heterocycles. The fraction of sp³-hybridized carbons (Fsp3) is 0.529. The second kappa shape index (κ2) is 5.39. The molecule has 3 heteroatoms. The van der Waals surface area contributed by atoms with Crippen LogP contribution in [-0.4, -0.2) is 15.3 Å². The van der Waals surface area contributed by atoms with Crippen molar-refractivity contribution in [2.75, 3.05) is 0 Å². The fourth-order valence-electron chi connectivity index (χ4n) is 2.49. The highest BCUT2D eigenvalue weighted by Gasteiger charge is 2.16. The van der Waals surface area contributed by atoms with Gasteiger partial charge in [0.2, 0.25) is 0 Å². The summed E-state index contributed by atoms with van der Waals surface area (Å²) in [5.41, 5.74) is 3.66. The van der Waals surface area contributed by atoms with Gasteiger partial charge in [-0.05, 0) is 43.4 Å². The van der Waals surface area contributed by atoms with E-state index in [1.807, 2.05) is 6.92 Å². The molecule has 0 amide bonds. The largest absolute Gasteiger partial charge is 0.328 e. The first-order valence-electron chi connectivity index (χ1n) is 7.26. The lowest BCUT2D eigenvalue weighted by Crippen LogP contribution is -2.10. The molecule has 1 heterocycles. The van der Waals surface area contributed by atoms with Gasteiger partial charge in [0.25, 0.3) is 0 Å². The van der Waals surface area contributed by atoms with Crippen molar-refractivity contribution >= 4 is 16.8 Å². The molecule has 0 bridgehead atoms. The highest BCUT2D eigenvalue weighted by Crippen LogP contribution is 2.26. The number of nitrogens with zero attached hydrogens (tertiary/aromatic N) is 2. The fourth-order valence-corrected chi connectivity index (χ4v) is 2.49. The van der Waals surface area contributed by atoms with Gasteiger partial charge in [0, 0.05) is 13.0 Å². The Morgan fingerprint density at radius 1 is 1.30 bits per heavy atom. The highest BCUT2D eigenvalue weighted by atomic mass is 16.1. The molecule has 0 radical (unpaired) electrons. The van der Waals surface area contributed by atoms with Crippen molar-refractivity contribution in [2.24, 2.45) is 0 Å². The maximum atomic E-state index is 11.1. The molecule has 2 rings (SSSR count). The Morgan fingerprint density at radius 2 is 2.00 bits per heavy atom. The van der Waals surface area contributed by atoms with Crippen LogP contribution >= 0.6 is 0 Å². The lowest BCUT2D eigenvalue weighted by Gasteiger charge is -2.18. The zero-order chi connectivity index (χ0) is 14.9. The maximum absolute atomic E-state index is 11.1. The van der Waals surface area contributed by atoms with Gasteiger partial charge in [-0.1, -0.05) is 26.8 Å². The van der Waals surface area contributed by atoms with E-state index in [0.29, 0.717) is 6.42 Å². The summed E-state index contributed by atoms with van der Waals surface area (Å²) in [4.78, 5) is 15.7. The number of imidazole rings is 1. The summed E-state index contributed by atoms with van der Waals surface area (Å²) >= 11 is 0. The summed E-state index contributed by atoms with van der Waals surface area (Å²) in [6.07, 6.45) is 1.52. The molecule has 1 aromatic carbocycles. The molecule has 0 aliphatic carbocycles. The summed E-state index contributed by atoms with van der Waals surface area (Å²) in [7, 11) is 0. The van der Waals surface area contributed by atoms with Crippen molar-refractivity contribution in [2.45, 2.75) is 59.4 Å². The summed E-state index contributed by atoms with van der Waals surface area (Å²) in [6.45, 7) is 11.2. The SMILES string of the molecule is CC(=O)CCCn1c(C)nc2cc(C(C)(C)C)ccc21. The molecule has 3 nitrogen and oxygen atoms in total. The van der Waals surface area contributed by atoms with E-state index in [-0.39, 0.29) is 11.2 Å². The van der Waals surface area contributed by atoms with Gasteiger partial charge in [-0.15, -0.1) is 0 Å². The summed E-state index contributed by atoms with van der Waals surface area (Å²) in [5, 5.41) is 0. The topological polar surface area (TPSA) is 34.9 Å². The number of hydrogen-bond donors (Lipinski definition) is 0. The Bertz CT molecular complexity index is 632. The van der Waals surface area contributed by atoms with Gasteiger partial charge in [0.15, 0.2) is 0 Å². The Morgan fingerprint density at radius 3 is 2.60 bits per heavy atom. The van der Waals surface area contributed by atoms with Crippen LogP contribution in [-0.2, 0) is 16.8 Å². The van der Waals surface area contributed by atoms with Gasteiger partial charge in [-0.3, -0.25) is 0 Å². The lowest BCUT2D eigenvalue weighted by atomic mass is 9.87. The first-order chi connectivity index (χ1) is 9.29. The zero-order valence-corrected chi connectivity index (χ0v) is 13.2. The van der Waals surface area contributed by atoms with Crippen LogP contribution in [0.1, 0.15) is 51.9 Å². The predicted octanol–water partition coefficient (Wildman–Crippen LogP) is 4.01. The zero-order valence-electron chi connectivity index (χ0n) is 13.2. The number of fused-ring (bicyclic) bond motifs is 1. The van der Waals surface area contributed by atoms with Crippen LogP contribution < -0.4 is 0 Å². The second-order valence-electron chi connectivity index (χ2n) is 6.57. The molecule has 20 heavy (non-hydrogen) atoms. The Kier molecular flexibility index (Phi) is 3.98. The summed E-state index contributed by atoms with van der Waals surface area (Å²) in [6, 6.07) is 6.53. The lowest BCUT2D eigenvalue weighted by molar-refractivity contribution is -0.117. The molecule has 0 atom stereocenters. The summed E-state index contributed by atoms with van der Waals surface area (Å²) in [5.74, 6) is 1.27. The van der Waals surface area contributed by atoms with E-state index in [1.54, 1.807) is 6.92 Å². The minimum Gasteiger partial charge on any atom is -0.328 e. The van der Waals surface area contributed by atoms with Crippen LogP contribution in [0.4, 0.5) is 0 Å². The van der Waals surface area contributed by atoms with Crippen molar-refractivity contribution in [3.63, 3.8) is 0 Å². The van der Waals surface area contributed by atoms with Crippen molar-refractivity contribution < 1.29 is 4.79 Å². The van der Waals surface area contributed by atoms with Gasteiger partial charge < -0.3 is 9.36 Å². The normalized spacial score (nSPS) is 12.1. The standard InChI is InChI=1S/C17H24N2O/c1-12(20)7-6-10-19-13(2)18-15-11-14(17(3,4)5)8-9-16(15)19/h8-9,11H,6-7,10H2,1-5H3. The van der Waals surface area contributed by atoms with E-state index in [4.69, 9.17) is 0 Å². The average Bonchev–Trinajstić information content (AvgIpc) is 2.63. The highest BCUT2D eigenvalue weighted by molar-refractivity contribution is 5.77. The van der Waals surface area contributed by atoms with Gasteiger partial charge >= 0.3 is 0 Å². The monoisotopic (exact) mass is 272 g/mol. The van der Waals surface area contributed by atoms with E-state index < -0.39 is 0 Å². The van der Waals surface area contributed by atoms with Crippen LogP contribution in [0.3, 0.4) is 0 Å². The first-order valence-corrected chi connectivity index (χ1v) is 7.26. The second-order valence-corrected chi connectivity index (χ2v) is 6.57. The van der Waals surface area contributed by atoms with Crippen molar-refractivity contribution in [3.05, 3.63) is 29.6 Å². The van der Waals surface area contributed by atoms with E-state index in [9.17, 15) is 4.79 Å². The first kappa shape index (κ1) is 14.8. The van der Waals surface area contributed by atoms with Gasteiger partial charge in [0.1, 0.15) is 11.6 Å². The smallest absolute Gasteiger partial charge is 0.129 e. The molecule has 0 N–H and O–H groups in total. The molecule has 0 unspecified atom stereocenters. The molecule has 0 aliphatic rings. The van der Waals surface area contributed by atoms with E-state index in [0.717, 1.165) is 24.3 Å². The third-order valence-corrected chi connectivity index (χ3v) is 3.72. The van der Waals surface area contributed by atoms with Crippen LogP contribution in [0.2, 0.25) is 0 Å². The third kappa shape index (κ3) is 3.09. The quantitative estimate of drug-likeness (QED) is 0.842. The summed E-state index contributed by atoms with van der Waals surface area (Å²) < 4.78 is 2.21. The van der Waals surface area contributed by atoms with Crippen LogP contribution in [0, 0.1) is 6.92 Å². The Labute approximate surface area is 121 Å². The molecule has 2 aromatic rings. The molecule has 0 saturated carbocycles. The van der Waals surface area contributed by atoms with Crippen LogP contribution in [0.25, 0.3) is 11.0 Å². The maximum Gasteiger partial charge on any atom is 0.129 e. The van der Waals surface area contributed by atoms with Gasteiger partial charge in [0.05, 0.1) is 11.0 Å². The number of aromatic nitrogens is 2. The molecule has 0 fully saturated rings. The number of Topliss-reactive ketones (excluding diaryl/α,β-unsaturated/α-hetero) is 1. The van der Waals surface area contributed by atoms with Gasteiger partial charge in [-0.2, -0.15) is 0 Å². The molecule has 0 spiro atoms. The molecule has 108 valence electrons. The minimum atomic E-state index is 0.139. The average molecular weight is 272 g/mol. The Hall–Kier alpha value is -1.64. The van der Waals surface area contributed by atoms with E-state index >= 15 is 0 Å². The Balaban J connectivity index is 2.32. The number of rotatable bonds is 4. The number of benzene rings is 1. The molecule has 0 saturated heterocycles. The predicted molar refractivity (Wildman–Crippen MR) is 83.1 cm³/mol.